The largest absolute Gasteiger partial charge is 0.493 e. The molecule has 0 bridgehead atoms. The maximum atomic E-state index is 12.7. The van der Waals surface area contributed by atoms with Gasteiger partial charge in [-0.3, -0.25) is 4.79 Å². The minimum absolute atomic E-state index is 0.0442. The molecule has 0 aliphatic heterocycles. The second kappa shape index (κ2) is 10.4. The minimum Gasteiger partial charge on any atom is -0.493 e. The van der Waals surface area contributed by atoms with Gasteiger partial charge in [-0.15, -0.1) is 0 Å². The number of methoxy groups -OCH3 is 1. The summed E-state index contributed by atoms with van der Waals surface area (Å²) in [4.78, 5) is 12.7. The number of fused-ring (bicyclic) bond motifs is 1. The number of nitrogens with zero attached hydrogens (tertiary/aromatic N) is 1. The van der Waals surface area contributed by atoms with Gasteiger partial charge in [-0.2, -0.15) is 13.5 Å². The summed E-state index contributed by atoms with van der Waals surface area (Å²) in [5.41, 5.74) is 4.57. The Hall–Kier alpha value is -3.44. The smallest absolute Gasteiger partial charge is 0.339 e. The molecule has 0 unspecified atom stereocenters. The fourth-order valence-corrected chi connectivity index (χ4v) is 5.25. The molecule has 0 fully saturated rings. The third-order valence-corrected chi connectivity index (χ3v) is 7.21. The summed E-state index contributed by atoms with van der Waals surface area (Å²) in [6.45, 7) is 1.87. The van der Waals surface area contributed by atoms with E-state index in [1.165, 1.54) is 25.5 Å². The average molecular weight is 600 g/mol. The summed E-state index contributed by atoms with van der Waals surface area (Å²) >= 11 is 1.97. The van der Waals surface area contributed by atoms with Crippen molar-refractivity contribution in [2.45, 2.75) is 11.8 Å². The zero-order valence-corrected chi connectivity index (χ0v) is 21.8. The summed E-state index contributed by atoms with van der Waals surface area (Å²) in [6, 6.07) is 22.7. The molecule has 4 aromatic rings. The number of amides is 1. The molecule has 178 valence electrons. The second-order valence-electron chi connectivity index (χ2n) is 7.61. The lowest BCUT2D eigenvalue weighted by Crippen LogP contribution is -2.18. The highest BCUT2D eigenvalue weighted by molar-refractivity contribution is 14.1. The molecule has 0 aromatic heterocycles. The number of aryl methyl sites for hydroxylation is 1. The molecule has 35 heavy (non-hydrogen) atoms. The summed E-state index contributed by atoms with van der Waals surface area (Å²) in [7, 11) is -2.63. The number of hydrogen-bond donors (Lipinski definition) is 1. The van der Waals surface area contributed by atoms with Gasteiger partial charge in [0.05, 0.1) is 16.9 Å². The molecule has 4 rings (SSSR count). The first-order valence-corrected chi connectivity index (χ1v) is 13.0. The van der Waals surface area contributed by atoms with Crippen LogP contribution in [0.2, 0.25) is 0 Å². The molecule has 0 saturated carbocycles. The van der Waals surface area contributed by atoms with E-state index in [9.17, 15) is 13.2 Å². The van der Waals surface area contributed by atoms with E-state index in [1.807, 2.05) is 65.9 Å². The predicted molar refractivity (Wildman–Crippen MR) is 144 cm³/mol. The van der Waals surface area contributed by atoms with Crippen LogP contribution in [-0.4, -0.2) is 27.6 Å². The van der Waals surface area contributed by atoms with Crippen molar-refractivity contribution in [3.8, 4) is 11.5 Å². The van der Waals surface area contributed by atoms with Crippen LogP contribution in [0.3, 0.4) is 0 Å². The molecule has 1 amide bonds. The van der Waals surface area contributed by atoms with Crippen LogP contribution in [0.4, 0.5) is 0 Å². The number of nitrogens with one attached hydrogen (secondary N) is 1. The number of ether oxygens (including phenoxy) is 1. The van der Waals surface area contributed by atoms with Crippen LogP contribution < -0.4 is 14.3 Å². The molecule has 0 radical (unpaired) electrons. The maximum absolute atomic E-state index is 12.7. The summed E-state index contributed by atoms with van der Waals surface area (Å²) in [5.74, 6) is -0.0520. The quantitative estimate of drug-likeness (QED) is 0.135. The molecular weight excluding hydrogens is 579 g/mol. The van der Waals surface area contributed by atoms with Crippen LogP contribution in [0.25, 0.3) is 10.8 Å². The first-order chi connectivity index (χ1) is 16.8. The van der Waals surface area contributed by atoms with E-state index >= 15 is 0 Å². The topological polar surface area (TPSA) is 94.1 Å². The first kappa shape index (κ1) is 24.7. The summed E-state index contributed by atoms with van der Waals surface area (Å²) in [6.07, 6.45) is 1.45. The van der Waals surface area contributed by atoms with E-state index in [-0.39, 0.29) is 22.3 Å². The number of carbonyl (C=O) groups excluding carboxylic acids is 1. The maximum Gasteiger partial charge on any atom is 0.339 e. The Bertz CT molecular complexity index is 1530. The third-order valence-electron chi connectivity index (χ3n) is 5.17. The highest BCUT2D eigenvalue weighted by Gasteiger charge is 2.22. The van der Waals surface area contributed by atoms with E-state index < -0.39 is 10.1 Å². The molecule has 7 nitrogen and oxygen atoms in total. The highest BCUT2D eigenvalue weighted by atomic mass is 127. The van der Waals surface area contributed by atoms with Gasteiger partial charge >= 0.3 is 10.1 Å². The lowest BCUT2D eigenvalue weighted by molar-refractivity contribution is 0.0956. The van der Waals surface area contributed by atoms with Gasteiger partial charge in [-0.1, -0.05) is 54.1 Å². The van der Waals surface area contributed by atoms with Crippen LogP contribution in [-0.2, 0) is 10.1 Å². The Morgan fingerprint density at radius 2 is 1.71 bits per heavy atom. The molecule has 0 atom stereocenters. The number of halogens is 1. The molecule has 0 aliphatic rings. The number of carbonyl (C=O) groups is 1. The zero-order valence-electron chi connectivity index (χ0n) is 18.9. The van der Waals surface area contributed by atoms with Crippen molar-refractivity contribution in [2.24, 2.45) is 5.10 Å². The molecule has 4 aromatic carbocycles. The number of benzene rings is 4. The van der Waals surface area contributed by atoms with E-state index in [2.05, 4.69) is 10.5 Å². The van der Waals surface area contributed by atoms with Crippen molar-refractivity contribution in [2.75, 3.05) is 7.11 Å². The van der Waals surface area contributed by atoms with Gasteiger partial charge < -0.3 is 8.92 Å². The molecule has 9 heteroatoms. The standard InChI is InChI=1S/C26H21IN2O5S/c1-17-10-12-20(13-11-17)35(31,32)34-25-23(27)14-18(15-24(25)33-2)16-28-29-26(30)22-9-5-7-19-6-3-4-8-21(19)22/h3-16H,1-2H3,(H,29,30)/b28-16-. The fraction of sp³-hybridized carbons (Fsp3) is 0.0769. The van der Waals surface area contributed by atoms with Crippen molar-refractivity contribution < 1.29 is 22.1 Å². The van der Waals surface area contributed by atoms with E-state index in [1.54, 1.807) is 30.3 Å². The van der Waals surface area contributed by atoms with Crippen LogP contribution in [0, 0.1) is 10.5 Å². The third kappa shape index (κ3) is 5.63. The Morgan fingerprint density at radius 1 is 1.00 bits per heavy atom. The normalized spacial score (nSPS) is 11.5. The van der Waals surface area contributed by atoms with Gasteiger partial charge in [0, 0.05) is 5.56 Å². The molecule has 0 aliphatic carbocycles. The average Bonchev–Trinajstić information content (AvgIpc) is 2.85. The second-order valence-corrected chi connectivity index (χ2v) is 10.3. The molecule has 0 heterocycles. The van der Waals surface area contributed by atoms with Crippen LogP contribution in [0.15, 0.2) is 88.9 Å². The molecule has 1 N–H and O–H groups in total. The zero-order chi connectivity index (χ0) is 25.0. The van der Waals surface area contributed by atoms with Gasteiger partial charge in [0.2, 0.25) is 0 Å². The van der Waals surface area contributed by atoms with Gasteiger partial charge in [-0.25, -0.2) is 5.43 Å². The van der Waals surface area contributed by atoms with Crippen molar-refractivity contribution in [1.29, 1.82) is 0 Å². The van der Waals surface area contributed by atoms with Gasteiger partial charge in [0.25, 0.3) is 5.91 Å². The Morgan fingerprint density at radius 3 is 2.46 bits per heavy atom. The summed E-state index contributed by atoms with van der Waals surface area (Å²) < 4.78 is 36.7. The van der Waals surface area contributed by atoms with E-state index in [0.717, 1.165) is 16.3 Å². The number of hydrogen-bond acceptors (Lipinski definition) is 6. The van der Waals surface area contributed by atoms with Crippen molar-refractivity contribution in [3.63, 3.8) is 0 Å². The highest BCUT2D eigenvalue weighted by Crippen LogP contribution is 2.35. The van der Waals surface area contributed by atoms with Gasteiger partial charge in [0.1, 0.15) is 4.90 Å². The van der Waals surface area contributed by atoms with E-state index in [0.29, 0.717) is 14.7 Å². The first-order valence-electron chi connectivity index (χ1n) is 10.5. The number of hydrazone groups is 1. The van der Waals surface area contributed by atoms with Crippen LogP contribution in [0.5, 0.6) is 11.5 Å². The summed E-state index contributed by atoms with van der Waals surface area (Å²) in [5, 5.41) is 5.85. The molecule has 0 spiro atoms. The molecular formula is C26H21IN2O5S. The Labute approximate surface area is 217 Å². The lowest BCUT2D eigenvalue weighted by Gasteiger charge is -2.13. The van der Waals surface area contributed by atoms with E-state index in [4.69, 9.17) is 8.92 Å². The fourth-order valence-electron chi connectivity index (χ4n) is 3.41. The SMILES string of the molecule is COc1cc(/C=N\NC(=O)c2cccc3ccccc23)cc(I)c1OS(=O)(=O)c1ccc(C)cc1. The Kier molecular flexibility index (Phi) is 7.37. The Balaban J connectivity index is 1.54. The van der Waals surface area contributed by atoms with Crippen molar-refractivity contribution in [1.82, 2.24) is 5.43 Å². The number of rotatable bonds is 7. The minimum atomic E-state index is -4.05. The van der Waals surface area contributed by atoms with Crippen molar-refractivity contribution in [3.05, 3.63) is 99.1 Å². The monoisotopic (exact) mass is 600 g/mol. The van der Waals surface area contributed by atoms with Gasteiger partial charge in [-0.05, 0) is 76.2 Å². The lowest BCUT2D eigenvalue weighted by atomic mass is 10.0. The van der Waals surface area contributed by atoms with Crippen molar-refractivity contribution >= 4 is 55.6 Å². The van der Waals surface area contributed by atoms with Crippen LogP contribution >= 0.6 is 22.6 Å². The predicted octanol–water partition coefficient (Wildman–Crippen LogP) is 5.29. The van der Waals surface area contributed by atoms with Gasteiger partial charge in [0.15, 0.2) is 11.5 Å². The molecule has 0 saturated heterocycles. The van der Waals surface area contributed by atoms with Crippen LogP contribution in [0.1, 0.15) is 21.5 Å².